The van der Waals surface area contributed by atoms with Crippen molar-refractivity contribution in [3.05, 3.63) is 76.6 Å². The number of benzene rings is 2. The predicted octanol–water partition coefficient (Wildman–Crippen LogP) is 4.24. The molecule has 3 atom stereocenters. The van der Waals surface area contributed by atoms with Crippen molar-refractivity contribution >= 4 is 22.5 Å². The summed E-state index contributed by atoms with van der Waals surface area (Å²) >= 11 is 6.29. The van der Waals surface area contributed by atoms with Crippen LogP contribution in [-0.4, -0.2) is 20.9 Å². The minimum atomic E-state index is -1.46. The fourth-order valence-corrected chi connectivity index (χ4v) is 4.94. The second-order valence-corrected chi connectivity index (χ2v) is 8.23. The summed E-state index contributed by atoms with van der Waals surface area (Å²) in [6.45, 7) is 0. The Kier molecular flexibility index (Phi) is 4.60. The number of ether oxygens (including phenoxy) is 1. The van der Waals surface area contributed by atoms with Crippen LogP contribution in [0.1, 0.15) is 17.2 Å². The lowest BCUT2D eigenvalue weighted by molar-refractivity contribution is 0.310. The number of nitrogens with one attached hydrogen (secondary N) is 1. The van der Waals surface area contributed by atoms with Crippen LogP contribution in [0.25, 0.3) is 0 Å². The van der Waals surface area contributed by atoms with Crippen molar-refractivity contribution in [3.8, 4) is 5.40 Å². The van der Waals surface area contributed by atoms with Crippen molar-refractivity contribution < 1.29 is 13.5 Å². The average Bonchev–Trinajstić information content (AvgIpc) is 3.10. The fourth-order valence-electron chi connectivity index (χ4n) is 3.14. The van der Waals surface area contributed by atoms with E-state index in [1.54, 1.807) is 24.3 Å². The van der Waals surface area contributed by atoms with Gasteiger partial charge in [0.25, 0.3) is 0 Å². The van der Waals surface area contributed by atoms with Crippen LogP contribution in [0.3, 0.4) is 0 Å². The summed E-state index contributed by atoms with van der Waals surface area (Å²) in [5.41, 5.74) is -0.249. The summed E-state index contributed by atoms with van der Waals surface area (Å²) in [4.78, 5) is 4.05. The molecular weight excluding hydrogens is 394 g/mol. The Morgan fingerprint density at radius 3 is 2.78 bits per heavy atom. The smallest absolute Gasteiger partial charge is 0.175 e. The molecule has 1 aromatic heterocycles. The first-order valence-corrected chi connectivity index (χ1v) is 9.86. The normalized spacial score (nSPS) is 22.9. The number of H-pyrrole nitrogens is 1. The zero-order chi connectivity index (χ0) is 19.0. The first-order chi connectivity index (χ1) is 13.0. The molecule has 3 aromatic rings. The largest absolute Gasteiger partial charge is 0.355 e. The number of nitrogens with zero attached hydrogens (tertiary/aromatic N) is 3. The molecule has 4 rings (SSSR count). The number of aromatic nitrogens is 3. The predicted molar refractivity (Wildman–Crippen MR) is 97.4 cm³/mol. The number of thiol groups is 1. The second-order valence-electron chi connectivity index (χ2n) is 6.03. The van der Waals surface area contributed by atoms with Crippen LogP contribution in [0.5, 0.6) is 0 Å². The fraction of sp³-hybridized carbons (Fsp3) is 0.167. The van der Waals surface area contributed by atoms with Gasteiger partial charge in [0.2, 0.25) is 0 Å². The minimum absolute atomic E-state index is 0.173. The maximum absolute atomic E-state index is 14.6. The highest BCUT2D eigenvalue weighted by Gasteiger charge is 2.61. The molecule has 0 aliphatic carbocycles. The SMILES string of the molecule is N#C[SH](CC1(c2ccc(F)cc2F)OC1c1ccccc1Cl)c1ncn[nH]1. The molecule has 0 bridgehead atoms. The van der Waals surface area contributed by atoms with Crippen LogP contribution in [0.15, 0.2) is 53.9 Å². The quantitative estimate of drug-likeness (QED) is 0.377. The molecular formula is C18H13ClF2N4OS. The van der Waals surface area contributed by atoms with Crippen LogP contribution < -0.4 is 0 Å². The first kappa shape index (κ1) is 17.9. The lowest BCUT2D eigenvalue weighted by atomic mass is 9.93. The molecule has 138 valence electrons. The van der Waals surface area contributed by atoms with Crippen LogP contribution in [0, 0.1) is 22.3 Å². The van der Waals surface area contributed by atoms with Crippen molar-refractivity contribution in [2.24, 2.45) is 0 Å². The molecule has 2 aromatic carbocycles. The van der Waals surface area contributed by atoms with Gasteiger partial charge >= 0.3 is 0 Å². The van der Waals surface area contributed by atoms with Gasteiger partial charge in [-0.25, -0.2) is 13.8 Å². The van der Waals surface area contributed by atoms with E-state index in [9.17, 15) is 14.0 Å². The van der Waals surface area contributed by atoms with E-state index >= 15 is 0 Å². The number of thiocyanates is 1. The van der Waals surface area contributed by atoms with E-state index in [-0.39, 0.29) is 11.3 Å². The van der Waals surface area contributed by atoms with Crippen molar-refractivity contribution in [1.82, 2.24) is 15.2 Å². The van der Waals surface area contributed by atoms with Crippen molar-refractivity contribution in [1.29, 1.82) is 5.26 Å². The van der Waals surface area contributed by atoms with Crippen LogP contribution in [0.4, 0.5) is 8.78 Å². The highest BCUT2D eigenvalue weighted by Crippen LogP contribution is 2.62. The number of epoxide rings is 1. The lowest BCUT2D eigenvalue weighted by Gasteiger charge is -2.19. The maximum Gasteiger partial charge on any atom is 0.175 e. The minimum Gasteiger partial charge on any atom is -0.355 e. The van der Waals surface area contributed by atoms with Crippen molar-refractivity contribution in [3.63, 3.8) is 0 Å². The molecule has 1 fully saturated rings. The van der Waals surface area contributed by atoms with E-state index in [4.69, 9.17) is 16.3 Å². The van der Waals surface area contributed by atoms with Crippen LogP contribution in [-0.2, 0) is 10.3 Å². The van der Waals surface area contributed by atoms with E-state index in [0.29, 0.717) is 15.7 Å². The second kappa shape index (κ2) is 6.93. The number of rotatable bonds is 5. The summed E-state index contributed by atoms with van der Waals surface area (Å²) in [5, 5.41) is 19.2. The highest BCUT2D eigenvalue weighted by atomic mass is 35.5. The van der Waals surface area contributed by atoms with Crippen molar-refractivity contribution in [2.75, 3.05) is 5.75 Å². The third kappa shape index (κ3) is 3.18. The van der Waals surface area contributed by atoms with E-state index in [1.165, 1.54) is 18.5 Å². The van der Waals surface area contributed by atoms with Gasteiger partial charge in [0.15, 0.2) is 5.16 Å². The van der Waals surface area contributed by atoms with Crippen molar-refractivity contribution in [2.45, 2.75) is 16.9 Å². The Hall–Kier alpha value is -2.47. The monoisotopic (exact) mass is 406 g/mol. The zero-order valence-electron chi connectivity index (χ0n) is 13.7. The Morgan fingerprint density at radius 1 is 1.30 bits per heavy atom. The van der Waals surface area contributed by atoms with Gasteiger partial charge in [-0.2, -0.15) is 10.4 Å². The van der Waals surface area contributed by atoms with E-state index in [0.717, 1.165) is 6.07 Å². The highest BCUT2D eigenvalue weighted by molar-refractivity contribution is 8.21. The summed E-state index contributed by atoms with van der Waals surface area (Å²) in [6.07, 6.45) is 0.763. The van der Waals surface area contributed by atoms with Gasteiger partial charge in [0.1, 0.15) is 35.1 Å². The Labute approximate surface area is 161 Å². The van der Waals surface area contributed by atoms with E-state index < -0.39 is 34.2 Å². The van der Waals surface area contributed by atoms with Gasteiger partial charge in [0.05, 0.1) is 0 Å². The van der Waals surface area contributed by atoms with Gasteiger partial charge in [-0.15, -0.1) is 0 Å². The van der Waals surface area contributed by atoms with E-state index in [2.05, 4.69) is 20.6 Å². The molecule has 27 heavy (non-hydrogen) atoms. The Bertz CT molecular complexity index is 1030. The molecule has 1 saturated heterocycles. The van der Waals surface area contributed by atoms with Gasteiger partial charge in [-0.1, -0.05) is 46.8 Å². The Morgan fingerprint density at radius 2 is 2.11 bits per heavy atom. The zero-order valence-corrected chi connectivity index (χ0v) is 15.4. The molecule has 1 aliphatic heterocycles. The summed E-state index contributed by atoms with van der Waals surface area (Å²) in [7, 11) is -1.46. The number of nitriles is 1. The van der Waals surface area contributed by atoms with E-state index in [1.807, 2.05) is 0 Å². The van der Waals surface area contributed by atoms with Gasteiger partial charge in [-0.3, -0.25) is 5.10 Å². The van der Waals surface area contributed by atoms with Gasteiger partial charge in [-0.05, 0) is 12.1 Å². The molecule has 0 saturated carbocycles. The average molecular weight is 407 g/mol. The van der Waals surface area contributed by atoms with Gasteiger partial charge in [0, 0.05) is 28.0 Å². The third-order valence-electron chi connectivity index (χ3n) is 4.44. The Balaban J connectivity index is 1.78. The molecule has 3 unspecified atom stereocenters. The topological polar surface area (TPSA) is 77.9 Å². The molecule has 2 heterocycles. The summed E-state index contributed by atoms with van der Waals surface area (Å²) < 4.78 is 34.0. The number of hydrogen-bond acceptors (Lipinski definition) is 4. The summed E-state index contributed by atoms with van der Waals surface area (Å²) in [5.74, 6) is -1.24. The standard InChI is InChI=1S/C18H13ClF2N4OS/c19-14-4-2-1-3-12(14)16-18(26-16,13-6-5-11(20)7-15(13)21)8-27(9-22)17-23-10-24-25-17/h1-7,10,16,27H,8H2,(H,23,24,25). The molecule has 9 heteroatoms. The number of halogens is 3. The molecule has 1 N–H and O–H groups in total. The number of hydrogen-bond donors (Lipinski definition) is 2. The molecule has 0 radical (unpaired) electrons. The molecule has 0 spiro atoms. The van der Waals surface area contributed by atoms with Crippen LogP contribution >= 0.6 is 22.5 Å². The van der Waals surface area contributed by atoms with Crippen LogP contribution in [0.2, 0.25) is 5.02 Å². The molecule has 0 amide bonds. The number of aromatic amines is 1. The third-order valence-corrected chi connectivity index (χ3v) is 6.54. The maximum atomic E-state index is 14.6. The lowest BCUT2D eigenvalue weighted by Crippen LogP contribution is -2.18. The molecule has 5 nitrogen and oxygen atoms in total. The first-order valence-electron chi connectivity index (χ1n) is 7.95. The molecule has 1 aliphatic rings. The summed E-state index contributed by atoms with van der Waals surface area (Å²) in [6, 6.07) is 10.4. The van der Waals surface area contributed by atoms with Gasteiger partial charge < -0.3 is 4.74 Å².